The van der Waals surface area contributed by atoms with E-state index in [2.05, 4.69) is 26.7 Å². The summed E-state index contributed by atoms with van der Waals surface area (Å²) in [4.78, 5) is 22.8. The third kappa shape index (κ3) is 5.36. The van der Waals surface area contributed by atoms with Crippen molar-refractivity contribution in [3.05, 3.63) is 47.8 Å². The summed E-state index contributed by atoms with van der Waals surface area (Å²) in [5, 5.41) is 7.37. The first-order valence-electron chi connectivity index (χ1n) is 12.2. The fraction of sp³-hybridized carbons (Fsp3) is 0.385. The molecule has 1 aliphatic rings. The van der Waals surface area contributed by atoms with Crippen LogP contribution in [-0.2, 0) is 23.3 Å². The van der Waals surface area contributed by atoms with Gasteiger partial charge in [0.1, 0.15) is 0 Å². The van der Waals surface area contributed by atoms with E-state index in [4.69, 9.17) is 9.72 Å². The maximum Gasteiger partial charge on any atom is 0.258 e. The molecular formula is C26H31N7O3S. The Bertz CT molecular complexity index is 1620. The average Bonchev–Trinajstić information content (AvgIpc) is 3.34. The van der Waals surface area contributed by atoms with Gasteiger partial charge in [-0.05, 0) is 56.0 Å². The maximum absolute atomic E-state index is 13.5. The minimum atomic E-state index is -2.32. The Morgan fingerprint density at radius 3 is 2.78 bits per heavy atom. The topological polar surface area (TPSA) is 116 Å². The molecule has 10 nitrogen and oxygen atoms in total. The highest BCUT2D eigenvalue weighted by molar-refractivity contribution is 7.92. The lowest BCUT2D eigenvalue weighted by Crippen LogP contribution is -2.18. The first-order valence-corrected chi connectivity index (χ1v) is 14.5. The predicted octanol–water partition coefficient (Wildman–Crippen LogP) is 4.56. The molecule has 4 heterocycles. The second-order valence-corrected chi connectivity index (χ2v) is 12.5. The molecule has 4 aromatic rings. The fourth-order valence-corrected chi connectivity index (χ4v) is 5.21. The summed E-state index contributed by atoms with van der Waals surface area (Å²) < 4.78 is 26.5. The number of nitrogens with zero attached hydrogens (tertiary/aromatic N) is 6. The number of amides is 1. The number of aromatic nitrogens is 5. The van der Waals surface area contributed by atoms with Crippen molar-refractivity contribution >= 4 is 38.3 Å². The lowest BCUT2D eigenvalue weighted by atomic mass is 10.1. The molecule has 1 amide bonds. The van der Waals surface area contributed by atoms with Crippen molar-refractivity contribution in [2.24, 2.45) is 17.3 Å². The van der Waals surface area contributed by atoms with Gasteiger partial charge in [-0.3, -0.25) is 15.1 Å². The summed E-state index contributed by atoms with van der Waals surface area (Å²) in [6, 6.07) is 9.03. The minimum Gasteiger partial charge on any atom is -0.477 e. The van der Waals surface area contributed by atoms with Crippen LogP contribution in [0.25, 0.3) is 22.3 Å². The van der Waals surface area contributed by atoms with E-state index in [9.17, 15) is 9.00 Å². The molecule has 194 valence electrons. The molecule has 0 fully saturated rings. The number of imidazole rings is 1. The molecule has 0 unspecified atom stereocenters. The number of pyridine rings is 1. The molecule has 1 atom stereocenters. The van der Waals surface area contributed by atoms with Crippen LogP contribution < -0.4 is 10.1 Å². The zero-order valence-electron chi connectivity index (χ0n) is 21.7. The Balaban J connectivity index is 1.62. The van der Waals surface area contributed by atoms with E-state index in [1.165, 1.54) is 0 Å². The second kappa shape index (κ2) is 9.62. The maximum atomic E-state index is 13.5. The quantitative estimate of drug-likeness (QED) is 0.393. The van der Waals surface area contributed by atoms with Gasteiger partial charge in [0.05, 0.1) is 40.8 Å². The Kier molecular flexibility index (Phi) is 6.49. The summed E-state index contributed by atoms with van der Waals surface area (Å²) in [6.07, 6.45) is 6.69. The van der Waals surface area contributed by atoms with E-state index < -0.39 is 9.73 Å². The second-order valence-electron chi connectivity index (χ2n) is 9.91. The lowest BCUT2D eigenvalue weighted by Gasteiger charge is -2.16. The number of aryl methyl sites for hydroxylation is 2. The van der Waals surface area contributed by atoms with Gasteiger partial charge in [-0.25, -0.2) is 13.9 Å². The molecule has 37 heavy (non-hydrogen) atoms. The molecule has 1 aliphatic heterocycles. The summed E-state index contributed by atoms with van der Waals surface area (Å²) in [6.45, 7) is 5.20. The van der Waals surface area contributed by atoms with Crippen LogP contribution in [0.5, 0.6) is 5.88 Å². The smallest absolute Gasteiger partial charge is 0.258 e. The highest BCUT2D eigenvalue weighted by Crippen LogP contribution is 2.31. The molecule has 2 bridgehead atoms. The molecule has 0 radical (unpaired) electrons. The molecule has 1 aromatic carbocycles. The van der Waals surface area contributed by atoms with Crippen LogP contribution in [0.3, 0.4) is 0 Å². The molecular weight excluding hydrogens is 490 g/mol. The average molecular weight is 522 g/mol. The third-order valence-corrected chi connectivity index (χ3v) is 6.88. The van der Waals surface area contributed by atoms with Crippen LogP contribution in [-0.4, -0.2) is 53.6 Å². The Labute approximate surface area is 216 Å². The van der Waals surface area contributed by atoms with E-state index in [1.54, 1.807) is 41.6 Å². The molecule has 0 saturated heterocycles. The van der Waals surface area contributed by atoms with Crippen molar-refractivity contribution in [3.63, 3.8) is 0 Å². The SMILES string of the molecule is Cc1cc2cc(n1)-c1cnn(C)c1OCCC[C@@H](C)Cn1c(nc3ccc(N=S(C)(C)=O)cc31)NC2=O. The zero-order chi connectivity index (χ0) is 26.3. The summed E-state index contributed by atoms with van der Waals surface area (Å²) in [7, 11) is -0.486. The molecule has 0 saturated carbocycles. The summed E-state index contributed by atoms with van der Waals surface area (Å²) >= 11 is 0. The van der Waals surface area contributed by atoms with Crippen molar-refractivity contribution in [1.82, 2.24) is 24.3 Å². The van der Waals surface area contributed by atoms with E-state index in [0.29, 0.717) is 47.6 Å². The van der Waals surface area contributed by atoms with E-state index in [0.717, 1.165) is 29.4 Å². The molecule has 0 aliphatic carbocycles. The van der Waals surface area contributed by atoms with Crippen LogP contribution in [0.2, 0.25) is 0 Å². The number of benzene rings is 1. The summed E-state index contributed by atoms with van der Waals surface area (Å²) in [5.74, 6) is 1.08. The number of fused-ring (bicyclic) bond motifs is 7. The molecule has 3 aromatic heterocycles. The van der Waals surface area contributed by atoms with Crippen LogP contribution in [0.1, 0.15) is 35.8 Å². The number of hydrogen-bond donors (Lipinski definition) is 1. The normalized spacial score (nSPS) is 16.7. The van der Waals surface area contributed by atoms with Crippen LogP contribution in [0.4, 0.5) is 11.6 Å². The first-order chi connectivity index (χ1) is 17.6. The van der Waals surface area contributed by atoms with Crippen LogP contribution >= 0.6 is 0 Å². The van der Waals surface area contributed by atoms with E-state index >= 15 is 0 Å². The van der Waals surface area contributed by atoms with Gasteiger partial charge in [0.2, 0.25) is 11.8 Å². The molecule has 0 spiro atoms. The van der Waals surface area contributed by atoms with Crippen molar-refractivity contribution in [2.75, 3.05) is 24.4 Å². The van der Waals surface area contributed by atoms with Gasteiger partial charge in [0.15, 0.2) is 0 Å². The number of carbonyl (C=O) groups is 1. The first kappa shape index (κ1) is 24.9. The van der Waals surface area contributed by atoms with Gasteiger partial charge in [0, 0.05) is 47.1 Å². The van der Waals surface area contributed by atoms with Gasteiger partial charge < -0.3 is 9.30 Å². The number of ether oxygens (including phenoxy) is 1. The fourth-order valence-electron chi connectivity index (χ4n) is 4.59. The highest BCUT2D eigenvalue weighted by Gasteiger charge is 2.21. The van der Waals surface area contributed by atoms with Crippen molar-refractivity contribution in [2.45, 2.75) is 33.2 Å². The Morgan fingerprint density at radius 1 is 1.19 bits per heavy atom. The van der Waals surface area contributed by atoms with Crippen molar-refractivity contribution in [3.8, 4) is 17.1 Å². The minimum absolute atomic E-state index is 0.278. The molecule has 1 N–H and O–H groups in total. The van der Waals surface area contributed by atoms with E-state index in [1.807, 2.05) is 30.7 Å². The number of rotatable bonds is 1. The molecule has 11 heteroatoms. The van der Waals surface area contributed by atoms with Gasteiger partial charge in [-0.1, -0.05) is 6.92 Å². The number of carbonyl (C=O) groups excluding carboxylic acids is 1. The van der Waals surface area contributed by atoms with Crippen LogP contribution in [0.15, 0.2) is 40.9 Å². The third-order valence-electron chi connectivity index (χ3n) is 6.23. The highest BCUT2D eigenvalue weighted by atomic mass is 32.2. The van der Waals surface area contributed by atoms with Gasteiger partial charge in [-0.15, -0.1) is 0 Å². The zero-order valence-corrected chi connectivity index (χ0v) is 22.5. The predicted molar refractivity (Wildman–Crippen MR) is 145 cm³/mol. The number of hydrogen-bond acceptors (Lipinski definition) is 7. The number of nitrogens with one attached hydrogen (secondary N) is 1. The van der Waals surface area contributed by atoms with Crippen LogP contribution in [0, 0.1) is 12.8 Å². The Hall–Kier alpha value is -3.73. The largest absolute Gasteiger partial charge is 0.477 e. The number of anilines is 1. The standard InChI is InChI=1S/C26H31N7O3S/c1-16-7-6-10-36-25-20(14-27-32(25)3)22-12-18(11-17(2)28-22)24(34)30-26-29-21-9-8-19(31-37(4,5)35)13-23(21)33(26)15-16/h8-9,11-14,16H,6-7,10,15H2,1-5H3,(H,29,30,34)/t16-/m1/s1. The Morgan fingerprint density at radius 2 is 2.00 bits per heavy atom. The van der Waals surface area contributed by atoms with Crippen molar-refractivity contribution < 1.29 is 13.7 Å². The van der Waals surface area contributed by atoms with E-state index in [-0.39, 0.29) is 11.8 Å². The van der Waals surface area contributed by atoms with Gasteiger partial charge in [-0.2, -0.15) is 9.46 Å². The van der Waals surface area contributed by atoms with Crippen molar-refractivity contribution in [1.29, 1.82) is 0 Å². The summed E-state index contributed by atoms with van der Waals surface area (Å²) in [5.41, 5.74) is 4.72. The monoisotopic (exact) mass is 521 g/mol. The molecule has 5 rings (SSSR count). The van der Waals surface area contributed by atoms with Gasteiger partial charge >= 0.3 is 0 Å². The lowest BCUT2D eigenvalue weighted by molar-refractivity contribution is 0.102. The van der Waals surface area contributed by atoms with Gasteiger partial charge in [0.25, 0.3) is 5.91 Å².